The minimum Gasteiger partial charge on any atom is -0.507 e. The molecule has 1 saturated heterocycles. The molecular formula is C15H21I2NO2. The van der Waals surface area contributed by atoms with E-state index in [0.717, 1.165) is 45.2 Å². The van der Waals surface area contributed by atoms with Crippen LogP contribution in [0.2, 0.25) is 0 Å². The maximum Gasteiger partial charge on any atom is 0.133 e. The van der Waals surface area contributed by atoms with Gasteiger partial charge < -0.3 is 10.2 Å². The first kappa shape index (κ1) is 16.8. The Morgan fingerprint density at radius 1 is 1.35 bits per heavy atom. The van der Waals surface area contributed by atoms with Gasteiger partial charge in [-0.3, -0.25) is 4.90 Å². The molecule has 5 heteroatoms. The molecule has 0 aromatic heterocycles. The minimum atomic E-state index is -0.625. The van der Waals surface area contributed by atoms with Crippen molar-refractivity contribution >= 4 is 45.2 Å². The SMILES string of the molecule is CC(C)(O)C1CCCN(Cc2cc(I)cc(I)c2O)C1. The van der Waals surface area contributed by atoms with E-state index >= 15 is 0 Å². The van der Waals surface area contributed by atoms with Crippen molar-refractivity contribution in [2.45, 2.75) is 38.8 Å². The number of phenolic OH excluding ortho intramolecular Hbond substituents is 1. The second-order valence-corrected chi connectivity index (χ2v) is 8.53. The van der Waals surface area contributed by atoms with Crippen molar-refractivity contribution in [1.29, 1.82) is 0 Å². The first-order chi connectivity index (χ1) is 9.27. The Bertz CT molecular complexity index is 485. The maximum absolute atomic E-state index is 10.2. The molecule has 1 heterocycles. The lowest BCUT2D eigenvalue weighted by Crippen LogP contribution is -2.44. The average Bonchev–Trinajstić information content (AvgIpc) is 2.35. The number of likely N-dealkylation sites (tertiary alicyclic amines) is 1. The predicted octanol–water partition coefficient (Wildman–Crippen LogP) is 3.58. The highest BCUT2D eigenvalue weighted by atomic mass is 127. The van der Waals surface area contributed by atoms with Crippen molar-refractivity contribution in [3.8, 4) is 5.75 Å². The summed E-state index contributed by atoms with van der Waals surface area (Å²) < 4.78 is 2.05. The lowest BCUT2D eigenvalue weighted by molar-refractivity contribution is -0.0198. The number of halogens is 2. The summed E-state index contributed by atoms with van der Waals surface area (Å²) in [5.41, 5.74) is 0.359. The molecule has 3 nitrogen and oxygen atoms in total. The number of hydrogen-bond donors (Lipinski definition) is 2. The third-order valence-corrected chi connectivity index (χ3v) is 5.45. The van der Waals surface area contributed by atoms with Crippen LogP contribution >= 0.6 is 45.2 Å². The van der Waals surface area contributed by atoms with Crippen LogP contribution in [0.1, 0.15) is 32.3 Å². The molecule has 1 atom stereocenters. The van der Waals surface area contributed by atoms with Gasteiger partial charge in [-0.25, -0.2) is 0 Å². The topological polar surface area (TPSA) is 43.7 Å². The average molecular weight is 501 g/mol. The fourth-order valence-corrected chi connectivity index (χ4v) is 4.72. The third-order valence-electron chi connectivity index (χ3n) is 4.01. The zero-order valence-electron chi connectivity index (χ0n) is 11.9. The van der Waals surface area contributed by atoms with Gasteiger partial charge in [0.1, 0.15) is 5.75 Å². The van der Waals surface area contributed by atoms with Gasteiger partial charge in [0, 0.05) is 22.2 Å². The minimum absolute atomic E-state index is 0.306. The molecule has 0 aliphatic carbocycles. The molecule has 2 rings (SSSR count). The van der Waals surface area contributed by atoms with Crippen LogP contribution in [0.15, 0.2) is 12.1 Å². The first-order valence-corrected chi connectivity index (χ1v) is 9.04. The fraction of sp³-hybridized carbons (Fsp3) is 0.600. The standard InChI is InChI=1S/C15H21I2NO2/c1-15(2,20)11-4-3-5-18(9-11)8-10-6-12(16)7-13(17)14(10)19/h6-7,11,19-20H,3-5,8-9H2,1-2H3. The number of piperidine rings is 1. The van der Waals surface area contributed by atoms with Gasteiger partial charge in [-0.1, -0.05) is 0 Å². The Kier molecular flexibility index (Phi) is 5.58. The predicted molar refractivity (Wildman–Crippen MR) is 97.8 cm³/mol. The molecule has 1 aliphatic heterocycles. The Balaban J connectivity index is 2.10. The number of nitrogens with zero attached hydrogens (tertiary/aromatic N) is 1. The van der Waals surface area contributed by atoms with E-state index in [1.54, 1.807) is 0 Å². The summed E-state index contributed by atoms with van der Waals surface area (Å²) in [5.74, 6) is 0.705. The number of aromatic hydroxyl groups is 1. The number of phenols is 1. The number of benzene rings is 1. The summed E-state index contributed by atoms with van der Waals surface area (Å²) in [6.07, 6.45) is 2.19. The lowest BCUT2D eigenvalue weighted by atomic mass is 9.84. The van der Waals surface area contributed by atoms with E-state index in [4.69, 9.17) is 0 Å². The lowest BCUT2D eigenvalue weighted by Gasteiger charge is -2.38. The maximum atomic E-state index is 10.2. The van der Waals surface area contributed by atoms with Gasteiger partial charge >= 0.3 is 0 Å². The normalized spacial score (nSPS) is 21.1. The summed E-state index contributed by atoms with van der Waals surface area (Å²) >= 11 is 4.46. The van der Waals surface area contributed by atoms with E-state index in [1.165, 1.54) is 0 Å². The Labute approximate surface area is 148 Å². The Morgan fingerprint density at radius 2 is 2.05 bits per heavy atom. The summed E-state index contributed by atoms with van der Waals surface area (Å²) in [7, 11) is 0. The zero-order chi connectivity index (χ0) is 14.9. The molecule has 112 valence electrons. The summed E-state index contributed by atoms with van der Waals surface area (Å²) in [4.78, 5) is 2.34. The van der Waals surface area contributed by atoms with Gasteiger partial charge in [0.2, 0.25) is 0 Å². The smallest absolute Gasteiger partial charge is 0.133 e. The van der Waals surface area contributed by atoms with Crippen molar-refractivity contribution < 1.29 is 10.2 Å². The van der Waals surface area contributed by atoms with E-state index in [-0.39, 0.29) is 0 Å². The molecule has 0 radical (unpaired) electrons. The van der Waals surface area contributed by atoms with E-state index in [9.17, 15) is 10.2 Å². The van der Waals surface area contributed by atoms with E-state index < -0.39 is 5.60 Å². The second-order valence-electron chi connectivity index (χ2n) is 6.12. The van der Waals surface area contributed by atoms with Crippen LogP contribution in [0.25, 0.3) is 0 Å². The van der Waals surface area contributed by atoms with Crippen LogP contribution < -0.4 is 0 Å². The van der Waals surface area contributed by atoms with Crippen molar-refractivity contribution in [1.82, 2.24) is 4.90 Å². The summed E-state index contributed by atoms with van der Waals surface area (Å²) in [6, 6.07) is 4.03. The molecule has 1 aromatic carbocycles. The zero-order valence-corrected chi connectivity index (χ0v) is 16.2. The van der Waals surface area contributed by atoms with Gasteiger partial charge in [0.15, 0.2) is 0 Å². The third kappa shape index (κ3) is 4.20. The van der Waals surface area contributed by atoms with Gasteiger partial charge in [0.05, 0.1) is 9.17 Å². The molecule has 1 unspecified atom stereocenters. The molecule has 20 heavy (non-hydrogen) atoms. The highest BCUT2D eigenvalue weighted by Gasteiger charge is 2.31. The van der Waals surface area contributed by atoms with Crippen molar-refractivity contribution in [3.63, 3.8) is 0 Å². The van der Waals surface area contributed by atoms with Crippen molar-refractivity contribution in [2.24, 2.45) is 5.92 Å². The molecular weight excluding hydrogens is 480 g/mol. The number of aliphatic hydroxyl groups is 1. The first-order valence-electron chi connectivity index (χ1n) is 6.89. The van der Waals surface area contributed by atoms with Gasteiger partial charge in [-0.15, -0.1) is 0 Å². The largest absolute Gasteiger partial charge is 0.507 e. The monoisotopic (exact) mass is 501 g/mol. The van der Waals surface area contributed by atoms with Crippen LogP contribution in [0, 0.1) is 13.1 Å². The molecule has 0 bridgehead atoms. The van der Waals surface area contributed by atoms with E-state index in [2.05, 4.69) is 50.1 Å². The molecule has 2 N–H and O–H groups in total. The van der Waals surface area contributed by atoms with Crippen LogP contribution in [0.5, 0.6) is 5.75 Å². The van der Waals surface area contributed by atoms with Crippen molar-refractivity contribution in [2.75, 3.05) is 13.1 Å². The molecule has 0 saturated carbocycles. The molecule has 1 aliphatic rings. The van der Waals surface area contributed by atoms with Crippen molar-refractivity contribution in [3.05, 3.63) is 24.8 Å². The Hall–Kier alpha value is 0.400. The highest BCUT2D eigenvalue weighted by Crippen LogP contribution is 2.31. The van der Waals surface area contributed by atoms with Gasteiger partial charge in [-0.05, 0) is 96.5 Å². The summed E-state index contributed by atoms with van der Waals surface area (Å²) in [5, 5.41) is 20.4. The number of hydrogen-bond acceptors (Lipinski definition) is 3. The highest BCUT2D eigenvalue weighted by molar-refractivity contribution is 14.1. The van der Waals surface area contributed by atoms with E-state index in [0.29, 0.717) is 11.7 Å². The summed E-state index contributed by atoms with van der Waals surface area (Å²) in [6.45, 7) is 6.48. The molecule has 0 amide bonds. The fourth-order valence-electron chi connectivity index (χ4n) is 2.76. The van der Waals surface area contributed by atoms with Crippen LogP contribution in [0.4, 0.5) is 0 Å². The van der Waals surface area contributed by atoms with Gasteiger partial charge in [-0.2, -0.15) is 0 Å². The quantitative estimate of drug-likeness (QED) is 0.623. The molecule has 1 fully saturated rings. The molecule has 0 spiro atoms. The van der Waals surface area contributed by atoms with Gasteiger partial charge in [0.25, 0.3) is 0 Å². The molecule has 1 aromatic rings. The number of rotatable bonds is 3. The van der Waals surface area contributed by atoms with Crippen LogP contribution in [0.3, 0.4) is 0 Å². The Morgan fingerprint density at radius 3 is 2.70 bits per heavy atom. The van der Waals surface area contributed by atoms with Crippen LogP contribution in [-0.4, -0.2) is 33.8 Å². The van der Waals surface area contributed by atoms with E-state index in [1.807, 2.05) is 26.0 Å². The second kappa shape index (κ2) is 6.66. The van der Waals surface area contributed by atoms with Crippen LogP contribution in [-0.2, 0) is 6.54 Å².